The van der Waals surface area contributed by atoms with Gasteiger partial charge in [0.05, 0.1) is 11.2 Å². The Morgan fingerprint density at radius 1 is 1.17 bits per heavy atom. The molecule has 2 bridgehead atoms. The minimum Gasteiger partial charge on any atom is -0.340 e. The van der Waals surface area contributed by atoms with Gasteiger partial charge >= 0.3 is 0 Å². The van der Waals surface area contributed by atoms with Crippen LogP contribution in [0.5, 0.6) is 0 Å². The van der Waals surface area contributed by atoms with E-state index in [-0.39, 0.29) is 11.8 Å². The van der Waals surface area contributed by atoms with Gasteiger partial charge in [-0.05, 0) is 49.3 Å². The Hall–Kier alpha value is -2.83. The molecule has 0 aliphatic carbocycles. The van der Waals surface area contributed by atoms with Crippen LogP contribution in [0, 0.1) is 11.8 Å². The van der Waals surface area contributed by atoms with Crippen LogP contribution in [0.1, 0.15) is 32.6 Å². The number of likely N-dealkylation sites (tertiary alicyclic amines) is 1. The maximum Gasteiger partial charge on any atom is 0.242 e. The maximum absolute atomic E-state index is 13.2. The standard InChI is InChI=1S/C23H28N4O3/c1-15(28)24-19-4-2-6-21-18(19)8-9-25(21)14-23(30)26-11-16-10-17(13-26)20-5-3-7-22(29)27(20)12-16/h2,4,6,8-9,16-17,20H,3,5,7,10-14H2,1H3,(H,24,28)/t16-,17+,20-/m1/s1. The summed E-state index contributed by atoms with van der Waals surface area (Å²) in [6, 6.07) is 8.01. The molecule has 1 N–H and O–H groups in total. The van der Waals surface area contributed by atoms with Crippen molar-refractivity contribution in [1.82, 2.24) is 14.4 Å². The fraction of sp³-hybridized carbons (Fsp3) is 0.522. The number of hydrogen-bond donors (Lipinski definition) is 1. The van der Waals surface area contributed by atoms with E-state index >= 15 is 0 Å². The third-order valence-electron chi connectivity index (χ3n) is 6.96. The molecule has 3 aliphatic rings. The third kappa shape index (κ3) is 3.36. The Morgan fingerprint density at radius 2 is 2.03 bits per heavy atom. The molecule has 7 nitrogen and oxygen atoms in total. The highest BCUT2D eigenvalue weighted by molar-refractivity contribution is 6.01. The van der Waals surface area contributed by atoms with E-state index < -0.39 is 0 Å². The number of aromatic nitrogens is 1. The van der Waals surface area contributed by atoms with Crippen LogP contribution < -0.4 is 5.32 Å². The average Bonchev–Trinajstić information content (AvgIpc) is 3.12. The van der Waals surface area contributed by atoms with Crippen molar-refractivity contribution in [1.29, 1.82) is 0 Å². The Bertz CT molecular complexity index is 1010. The molecule has 0 radical (unpaired) electrons. The van der Waals surface area contributed by atoms with Gasteiger partial charge in [0, 0.05) is 50.6 Å². The summed E-state index contributed by atoms with van der Waals surface area (Å²) in [7, 11) is 0. The zero-order valence-corrected chi connectivity index (χ0v) is 17.3. The largest absolute Gasteiger partial charge is 0.340 e. The van der Waals surface area contributed by atoms with Gasteiger partial charge in [0.2, 0.25) is 17.7 Å². The molecule has 0 saturated carbocycles. The Kier molecular flexibility index (Phi) is 4.76. The number of amides is 3. The van der Waals surface area contributed by atoms with Crippen LogP contribution in [0.25, 0.3) is 10.9 Å². The first-order valence-electron chi connectivity index (χ1n) is 10.9. The second-order valence-electron chi connectivity index (χ2n) is 9.03. The minimum atomic E-state index is -0.110. The lowest BCUT2D eigenvalue weighted by Crippen LogP contribution is -2.61. The van der Waals surface area contributed by atoms with Crippen molar-refractivity contribution in [3.63, 3.8) is 0 Å². The van der Waals surface area contributed by atoms with Gasteiger partial charge < -0.3 is 19.7 Å². The molecule has 158 valence electrons. The number of carbonyl (C=O) groups is 3. The van der Waals surface area contributed by atoms with Crippen molar-refractivity contribution >= 4 is 34.3 Å². The van der Waals surface area contributed by atoms with Gasteiger partial charge in [0.1, 0.15) is 6.54 Å². The molecule has 2 aromatic rings. The fourth-order valence-electron chi connectivity index (χ4n) is 5.72. The molecule has 0 spiro atoms. The van der Waals surface area contributed by atoms with Gasteiger partial charge in [-0.1, -0.05) is 6.07 Å². The number of nitrogens with one attached hydrogen (secondary N) is 1. The number of carbonyl (C=O) groups excluding carboxylic acids is 3. The second kappa shape index (κ2) is 7.45. The molecule has 3 saturated heterocycles. The van der Waals surface area contributed by atoms with Crippen LogP contribution in [0.3, 0.4) is 0 Å². The van der Waals surface area contributed by atoms with E-state index in [1.54, 1.807) is 0 Å². The van der Waals surface area contributed by atoms with Crippen molar-refractivity contribution < 1.29 is 14.4 Å². The Balaban J connectivity index is 1.32. The van der Waals surface area contributed by atoms with E-state index in [4.69, 9.17) is 0 Å². The van der Waals surface area contributed by atoms with E-state index in [1.165, 1.54) is 6.92 Å². The summed E-state index contributed by atoms with van der Waals surface area (Å²) in [5, 5.41) is 3.79. The summed E-state index contributed by atoms with van der Waals surface area (Å²) in [4.78, 5) is 41.1. The van der Waals surface area contributed by atoms with Gasteiger partial charge in [-0.15, -0.1) is 0 Å². The fourth-order valence-corrected chi connectivity index (χ4v) is 5.72. The number of anilines is 1. The zero-order chi connectivity index (χ0) is 20.8. The van der Waals surface area contributed by atoms with Crippen molar-refractivity contribution in [2.45, 2.75) is 45.2 Å². The molecule has 30 heavy (non-hydrogen) atoms. The molecule has 5 rings (SSSR count). The van der Waals surface area contributed by atoms with Crippen molar-refractivity contribution in [3.8, 4) is 0 Å². The number of nitrogens with zero attached hydrogens (tertiary/aromatic N) is 3. The Labute approximate surface area is 176 Å². The minimum absolute atomic E-state index is 0.110. The molecule has 7 heteroatoms. The number of rotatable bonds is 3. The normalized spacial score (nSPS) is 25.9. The quantitative estimate of drug-likeness (QED) is 0.848. The van der Waals surface area contributed by atoms with E-state index in [9.17, 15) is 14.4 Å². The first kappa shape index (κ1) is 19.2. The van der Waals surface area contributed by atoms with E-state index in [0.29, 0.717) is 36.8 Å². The molecule has 1 aromatic heterocycles. The summed E-state index contributed by atoms with van der Waals surface area (Å²) in [6.07, 6.45) is 5.77. The maximum atomic E-state index is 13.2. The smallest absolute Gasteiger partial charge is 0.242 e. The predicted octanol–water partition coefficient (Wildman–Crippen LogP) is 2.46. The molecular weight excluding hydrogens is 380 g/mol. The lowest BCUT2D eigenvalue weighted by Gasteiger charge is -2.52. The molecule has 3 atom stereocenters. The van der Waals surface area contributed by atoms with Crippen molar-refractivity contribution in [3.05, 3.63) is 30.5 Å². The molecule has 0 unspecified atom stereocenters. The molecule has 3 fully saturated rings. The van der Waals surface area contributed by atoms with Crippen LogP contribution >= 0.6 is 0 Å². The zero-order valence-electron chi connectivity index (χ0n) is 17.3. The van der Waals surface area contributed by atoms with E-state index in [2.05, 4.69) is 10.2 Å². The van der Waals surface area contributed by atoms with Gasteiger partial charge in [0.15, 0.2) is 0 Å². The molecule has 3 aliphatic heterocycles. The summed E-state index contributed by atoms with van der Waals surface area (Å²) in [5.74, 6) is 1.11. The van der Waals surface area contributed by atoms with E-state index in [0.717, 1.165) is 55.5 Å². The lowest BCUT2D eigenvalue weighted by atomic mass is 9.76. The van der Waals surface area contributed by atoms with Crippen LogP contribution in [-0.4, -0.2) is 57.8 Å². The molecular formula is C23H28N4O3. The van der Waals surface area contributed by atoms with Crippen LogP contribution in [0.2, 0.25) is 0 Å². The topological polar surface area (TPSA) is 74.6 Å². The first-order chi connectivity index (χ1) is 14.5. The van der Waals surface area contributed by atoms with Crippen molar-refractivity contribution in [2.75, 3.05) is 25.0 Å². The van der Waals surface area contributed by atoms with Gasteiger partial charge in [-0.25, -0.2) is 0 Å². The highest BCUT2D eigenvalue weighted by Gasteiger charge is 2.44. The highest BCUT2D eigenvalue weighted by atomic mass is 16.2. The van der Waals surface area contributed by atoms with Crippen LogP contribution in [-0.2, 0) is 20.9 Å². The SMILES string of the molecule is CC(=O)Nc1cccc2c1ccn2CC(=O)N1C[C@H]2C[C@@H](C1)[C@H]1CCCC(=O)N1C2. The summed E-state index contributed by atoms with van der Waals surface area (Å²) < 4.78 is 1.96. The first-order valence-corrected chi connectivity index (χ1v) is 10.9. The molecule has 3 amide bonds. The second-order valence-corrected chi connectivity index (χ2v) is 9.03. The lowest BCUT2D eigenvalue weighted by molar-refractivity contribution is -0.148. The predicted molar refractivity (Wildman–Crippen MR) is 114 cm³/mol. The van der Waals surface area contributed by atoms with Gasteiger partial charge in [-0.2, -0.15) is 0 Å². The van der Waals surface area contributed by atoms with E-state index in [1.807, 2.05) is 39.9 Å². The van der Waals surface area contributed by atoms with Crippen LogP contribution in [0.4, 0.5) is 5.69 Å². The number of benzene rings is 1. The van der Waals surface area contributed by atoms with Gasteiger partial charge in [0.25, 0.3) is 0 Å². The third-order valence-corrected chi connectivity index (χ3v) is 6.96. The number of hydrogen-bond acceptors (Lipinski definition) is 3. The number of piperidine rings is 3. The summed E-state index contributed by atoms with van der Waals surface area (Å²) in [6.45, 7) is 4.08. The molecule has 1 aromatic carbocycles. The summed E-state index contributed by atoms with van der Waals surface area (Å²) in [5.41, 5.74) is 1.71. The highest BCUT2D eigenvalue weighted by Crippen LogP contribution is 2.38. The van der Waals surface area contributed by atoms with Gasteiger partial charge in [-0.3, -0.25) is 14.4 Å². The molecule has 4 heterocycles. The monoisotopic (exact) mass is 408 g/mol. The van der Waals surface area contributed by atoms with Crippen LogP contribution in [0.15, 0.2) is 30.5 Å². The Morgan fingerprint density at radius 3 is 2.87 bits per heavy atom. The number of fused-ring (bicyclic) bond motifs is 5. The average molecular weight is 409 g/mol. The van der Waals surface area contributed by atoms with Crippen molar-refractivity contribution in [2.24, 2.45) is 11.8 Å². The summed E-state index contributed by atoms with van der Waals surface area (Å²) >= 11 is 0.